The van der Waals surface area contributed by atoms with Crippen molar-refractivity contribution in [2.24, 2.45) is 28.1 Å². The van der Waals surface area contributed by atoms with Crippen molar-refractivity contribution < 1.29 is 18.8 Å². The second-order valence-corrected chi connectivity index (χ2v) is 18.8. The summed E-state index contributed by atoms with van der Waals surface area (Å²) in [5.74, 6) is 1.15. The lowest BCUT2D eigenvalue weighted by Crippen LogP contribution is -2.49. The van der Waals surface area contributed by atoms with Crippen LogP contribution in [0.1, 0.15) is 51.5 Å². The third-order valence-electron chi connectivity index (χ3n) is 11.4. The van der Waals surface area contributed by atoms with Gasteiger partial charge in [-0.3, -0.25) is 9.59 Å². The molecule has 4 aliphatic carbocycles. The number of para-hydroxylation sites is 1. The van der Waals surface area contributed by atoms with Crippen LogP contribution in [0.3, 0.4) is 0 Å². The summed E-state index contributed by atoms with van der Waals surface area (Å²) in [5, 5.41) is 0. The number of fused-ring (bicyclic) bond motifs is 4. The van der Waals surface area contributed by atoms with Crippen molar-refractivity contribution in [3.05, 3.63) is 83.6 Å². The van der Waals surface area contributed by atoms with Crippen LogP contribution in [0.2, 0.25) is 19.6 Å². The standard InChI is InChI=1S/C35H41NO4Si/c1-32-22-26(40-41(4,5)6)27-28(29(32)30(37)36(31(32)38)24-12-8-7-9-13-24)34-19-11-10-18-33(34,2)35(27,21-20-34)23-14-16-25(39-3)17-15-23/h7-9,12-17,20-21,28-29H,10-11,18-19,22H2,1-6H3/t28-,29-,32-,33+,34-,35-/m1/s1. The number of methoxy groups -OCH3 is 1. The van der Waals surface area contributed by atoms with Gasteiger partial charge in [0.05, 0.1) is 29.9 Å². The summed E-state index contributed by atoms with van der Waals surface area (Å²) < 4.78 is 12.6. The van der Waals surface area contributed by atoms with E-state index in [4.69, 9.17) is 9.16 Å². The van der Waals surface area contributed by atoms with E-state index in [-0.39, 0.29) is 28.6 Å². The molecule has 2 aromatic rings. The monoisotopic (exact) mass is 567 g/mol. The average molecular weight is 568 g/mol. The molecule has 1 saturated heterocycles. The molecule has 0 radical (unpaired) electrons. The van der Waals surface area contributed by atoms with E-state index in [1.807, 2.05) is 37.3 Å². The second kappa shape index (κ2) is 8.47. The van der Waals surface area contributed by atoms with Gasteiger partial charge < -0.3 is 9.16 Å². The number of hydrogen-bond acceptors (Lipinski definition) is 4. The van der Waals surface area contributed by atoms with E-state index >= 15 is 0 Å². The van der Waals surface area contributed by atoms with E-state index in [1.165, 1.54) is 16.0 Å². The van der Waals surface area contributed by atoms with E-state index in [1.54, 1.807) is 7.11 Å². The summed E-state index contributed by atoms with van der Waals surface area (Å²) in [6.07, 6.45) is 9.75. The van der Waals surface area contributed by atoms with Gasteiger partial charge in [0.1, 0.15) is 5.75 Å². The minimum absolute atomic E-state index is 0.0496. The first-order valence-corrected chi connectivity index (χ1v) is 18.6. The number of nitrogens with zero attached hydrogens (tertiary/aromatic N) is 1. The highest BCUT2D eigenvalue weighted by molar-refractivity contribution is 6.70. The molecule has 2 bridgehead atoms. The van der Waals surface area contributed by atoms with Crippen LogP contribution >= 0.6 is 0 Å². The smallest absolute Gasteiger partial charge is 0.241 e. The maximum atomic E-state index is 14.7. The zero-order valence-corrected chi connectivity index (χ0v) is 26.1. The molecule has 0 aromatic heterocycles. The van der Waals surface area contributed by atoms with Gasteiger partial charge in [-0.05, 0) is 80.2 Å². The molecule has 5 aliphatic rings. The molecule has 0 unspecified atom stereocenters. The molecule has 2 saturated carbocycles. The average Bonchev–Trinajstić information content (AvgIpc) is 3.41. The Labute approximate surface area is 244 Å². The molecule has 2 aromatic carbocycles. The molecule has 3 fully saturated rings. The molecule has 2 amide bonds. The van der Waals surface area contributed by atoms with E-state index in [0.717, 1.165) is 37.2 Å². The predicted octanol–water partition coefficient (Wildman–Crippen LogP) is 7.40. The first-order valence-electron chi connectivity index (χ1n) is 15.1. The molecule has 41 heavy (non-hydrogen) atoms. The molecule has 1 heterocycles. The van der Waals surface area contributed by atoms with Crippen LogP contribution in [-0.4, -0.2) is 27.2 Å². The Bertz CT molecular complexity index is 1510. The van der Waals surface area contributed by atoms with E-state index < -0.39 is 25.1 Å². The molecule has 5 nitrogen and oxygen atoms in total. The van der Waals surface area contributed by atoms with E-state index in [2.05, 4.69) is 63.0 Å². The fourth-order valence-electron chi connectivity index (χ4n) is 9.77. The first-order chi connectivity index (χ1) is 19.4. The number of amides is 2. The summed E-state index contributed by atoms with van der Waals surface area (Å²) in [6, 6.07) is 18.0. The molecule has 0 N–H and O–H groups in total. The number of carbonyl (C=O) groups is 2. The van der Waals surface area contributed by atoms with Crippen molar-refractivity contribution in [1.82, 2.24) is 0 Å². The molecule has 6 atom stereocenters. The van der Waals surface area contributed by atoms with Gasteiger partial charge in [-0.1, -0.05) is 62.2 Å². The van der Waals surface area contributed by atoms with Crippen LogP contribution in [0.5, 0.6) is 5.75 Å². The van der Waals surface area contributed by atoms with Crippen molar-refractivity contribution in [3.8, 4) is 5.75 Å². The number of benzene rings is 2. The summed E-state index contributed by atoms with van der Waals surface area (Å²) >= 11 is 0. The minimum Gasteiger partial charge on any atom is -0.547 e. The third kappa shape index (κ3) is 3.17. The molecule has 214 valence electrons. The number of carbonyl (C=O) groups excluding carboxylic acids is 2. The van der Waals surface area contributed by atoms with Gasteiger partial charge in [0.15, 0.2) is 0 Å². The highest BCUT2D eigenvalue weighted by atomic mass is 28.4. The summed E-state index contributed by atoms with van der Waals surface area (Å²) in [4.78, 5) is 30.6. The van der Waals surface area contributed by atoms with Crippen molar-refractivity contribution >= 4 is 25.8 Å². The van der Waals surface area contributed by atoms with Gasteiger partial charge in [0, 0.05) is 23.2 Å². The molecule has 6 heteroatoms. The van der Waals surface area contributed by atoms with Crippen LogP contribution in [0.4, 0.5) is 5.69 Å². The highest BCUT2D eigenvalue weighted by Crippen LogP contribution is 2.82. The minimum atomic E-state index is -2.06. The lowest BCUT2D eigenvalue weighted by molar-refractivity contribution is -0.131. The number of imide groups is 1. The third-order valence-corrected chi connectivity index (χ3v) is 12.2. The van der Waals surface area contributed by atoms with Crippen LogP contribution in [0.15, 0.2) is 78.1 Å². The summed E-state index contributed by atoms with van der Waals surface area (Å²) in [6.45, 7) is 11.2. The van der Waals surface area contributed by atoms with Gasteiger partial charge in [-0.15, -0.1) is 0 Å². The Kier molecular flexibility index (Phi) is 5.52. The Morgan fingerprint density at radius 2 is 1.56 bits per heavy atom. The van der Waals surface area contributed by atoms with Crippen molar-refractivity contribution in [1.29, 1.82) is 0 Å². The van der Waals surface area contributed by atoms with Crippen LogP contribution < -0.4 is 9.64 Å². The quantitative estimate of drug-likeness (QED) is 0.215. The number of anilines is 1. The lowest BCUT2D eigenvalue weighted by Gasteiger charge is -2.51. The normalized spacial score (nSPS) is 37.3. The van der Waals surface area contributed by atoms with E-state index in [0.29, 0.717) is 12.1 Å². The SMILES string of the molecule is COc1ccc([C@@]23C=C[C@]4(CCCC[C@]24C)[C@@H]2C3=C(O[Si](C)(C)C)C[C@@]3(C)C(=O)N(c4ccccc4)C(=O)[C@@H]23)cc1. The Morgan fingerprint density at radius 1 is 0.878 bits per heavy atom. The number of allylic oxidation sites excluding steroid dienone is 4. The summed E-state index contributed by atoms with van der Waals surface area (Å²) in [5.41, 5.74) is 1.57. The van der Waals surface area contributed by atoms with Crippen molar-refractivity contribution in [3.63, 3.8) is 0 Å². The van der Waals surface area contributed by atoms with Gasteiger partial charge in [-0.25, -0.2) is 4.90 Å². The summed E-state index contributed by atoms with van der Waals surface area (Å²) in [7, 11) is -0.363. The first kappa shape index (κ1) is 26.8. The van der Waals surface area contributed by atoms with Crippen LogP contribution in [-0.2, 0) is 19.4 Å². The predicted molar refractivity (Wildman–Crippen MR) is 163 cm³/mol. The lowest BCUT2D eigenvalue weighted by atomic mass is 9.51. The zero-order valence-electron chi connectivity index (χ0n) is 25.1. The number of ether oxygens (including phenoxy) is 1. The van der Waals surface area contributed by atoms with Crippen molar-refractivity contribution in [2.75, 3.05) is 12.0 Å². The van der Waals surface area contributed by atoms with Gasteiger partial charge in [0.2, 0.25) is 20.1 Å². The number of hydrogen-bond donors (Lipinski definition) is 0. The molecule has 7 rings (SSSR count). The van der Waals surface area contributed by atoms with Crippen molar-refractivity contribution in [2.45, 2.75) is 71.0 Å². The zero-order chi connectivity index (χ0) is 29.0. The maximum Gasteiger partial charge on any atom is 0.241 e. The fraction of sp³-hybridized carbons (Fsp3) is 0.486. The Morgan fingerprint density at radius 3 is 2.22 bits per heavy atom. The molecular formula is C35H41NO4Si. The Balaban J connectivity index is 1.52. The van der Waals surface area contributed by atoms with Crippen LogP contribution in [0.25, 0.3) is 0 Å². The van der Waals surface area contributed by atoms with E-state index in [9.17, 15) is 9.59 Å². The molecule has 0 spiro atoms. The molecular weight excluding hydrogens is 526 g/mol. The Hall–Kier alpha value is -3.12. The number of rotatable bonds is 5. The van der Waals surface area contributed by atoms with Gasteiger partial charge in [0.25, 0.3) is 0 Å². The largest absolute Gasteiger partial charge is 0.547 e. The fourth-order valence-corrected chi connectivity index (χ4v) is 10.7. The molecule has 1 aliphatic heterocycles. The second-order valence-electron chi connectivity index (χ2n) is 14.4. The van der Waals surface area contributed by atoms with Gasteiger partial charge in [-0.2, -0.15) is 0 Å². The van der Waals surface area contributed by atoms with Crippen LogP contribution in [0, 0.1) is 28.1 Å². The highest BCUT2D eigenvalue weighted by Gasteiger charge is 2.80. The maximum absolute atomic E-state index is 14.7. The van der Waals surface area contributed by atoms with Gasteiger partial charge >= 0.3 is 0 Å². The topological polar surface area (TPSA) is 55.8 Å².